The number of hydrogen-bond donors (Lipinski definition) is 1. The van der Waals surface area contributed by atoms with Gasteiger partial charge in [0, 0.05) is 24.6 Å². The van der Waals surface area contributed by atoms with Gasteiger partial charge < -0.3 is 5.32 Å². The molecule has 0 aliphatic carbocycles. The summed E-state index contributed by atoms with van der Waals surface area (Å²) in [6.45, 7) is 6.69. The van der Waals surface area contributed by atoms with Gasteiger partial charge in [-0.05, 0) is 50.3 Å². The highest BCUT2D eigenvalue weighted by Crippen LogP contribution is 2.26. The summed E-state index contributed by atoms with van der Waals surface area (Å²) in [5.74, 6) is -1.13. The smallest absolute Gasteiger partial charge is 0.223 e. The van der Waals surface area contributed by atoms with Gasteiger partial charge in [-0.3, -0.25) is 4.79 Å². The standard InChI is InChI=1S/C24H31FN2O3S/c1-4-23(21-10-9-17(2)15-18(21)3)26-24(28)19-11-13-27(14-12-19)31(29,30)16-20-7-5-6-8-22(20)25/h5-10,15,19,23H,4,11-14,16H2,1-3H3,(H,26,28)/t23-/m1/s1. The maximum atomic E-state index is 13.9. The first-order chi connectivity index (χ1) is 14.7. The van der Waals surface area contributed by atoms with E-state index in [0.29, 0.717) is 12.8 Å². The van der Waals surface area contributed by atoms with E-state index in [1.165, 1.54) is 28.1 Å². The second-order valence-corrected chi connectivity index (χ2v) is 10.3. The van der Waals surface area contributed by atoms with Crippen LogP contribution in [-0.2, 0) is 20.6 Å². The summed E-state index contributed by atoms with van der Waals surface area (Å²) in [5.41, 5.74) is 3.63. The topological polar surface area (TPSA) is 66.5 Å². The third-order valence-corrected chi connectivity index (χ3v) is 7.87. The van der Waals surface area contributed by atoms with Gasteiger partial charge in [0.15, 0.2) is 0 Å². The summed E-state index contributed by atoms with van der Waals surface area (Å²) >= 11 is 0. The van der Waals surface area contributed by atoms with Crippen LogP contribution in [0.15, 0.2) is 42.5 Å². The van der Waals surface area contributed by atoms with Gasteiger partial charge in [0.05, 0.1) is 11.8 Å². The molecule has 0 unspecified atom stereocenters. The number of piperidine rings is 1. The molecule has 2 aromatic rings. The largest absolute Gasteiger partial charge is 0.349 e. The number of nitrogens with one attached hydrogen (secondary N) is 1. The molecule has 1 aliphatic rings. The molecule has 1 amide bonds. The van der Waals surface area contributed by atoms with Crippen LogP contribution in [0.2, 0.25) is 0 Å². The molecule has 0 bridgehead atoms. The first-order valence-electron chi connectivity index (χ1n) is 10.8. The molecule has 31 heavy (non-hydrogen) atoms. The van der Waals surface area contributed by atoms with Gasteiger partial charge >= 0.3 is 0 Å². The zero-order valence-corrected chi connectivity index (χ0v) is 19.2. The molecule has 0 aromatic heterocycles. The van der Waals surface area contributed by atoms with E-state index in [4.69, 9.17) is 0 Å². The first kappa shape index (κ1) is 23.4. The summed E-state index contributed by atoms with van der Waals surface area (Å²) in [7, 11) is -3.63. The molecule has 1 N–H and O–H groups in total. The maximum absolute atomic E-state index is 13.9. The molecule has 5 nitrogen and oxygen atoms in total. The number of amides is 1. The molecule has 0 spiro atoms. The lowest BCUT2D eigenvalue weighted by Crippen LogP contribution is -2.44. The Morgan fingerprint density at radius 3 is 2.45 bits per heavy atom. The molecule has 1 saturated heterocycles. The van der Waals surface area contributed by atoms with E-state index < -0.39 is 15.8 Å². The number of benzene rings is 2. The molecule has 0 radical (unpaired) electrons. The molecule has 7 heteroatoms. The summed E-state index contributed by atoms with van der Waals surface area (Å²) in [4.78, 5) is 12.9. The zero-order valence-electron chi connectivity index (χ0n) is 18.4. The van der Waals surface area contributed by atoms with Crippen LogP contribution in [0.3, 0.4) is 0 Å². The SMILES string of the molecule is CC[C@@H](NC(=O)C1CCN(S(=O)(=O)Cc2ccccc2F)CC1)c1ccc(C)cc1C. The fourth-order valence-corrected chi connectivity index (χ4v) is 5.78. The van der Waals surface area contributed by atoms with Gasteiger partial charge in [-0.2, -0.15) is 0 Å². The van der Waals surface area contributed by atoms with E-state index >= 15 is 0 Å². The normalized spacial score (nSPS) is 16.8. The number of halogens is 1. The molecular formula is C24H31FN2O3S. The van der Waals surface area contributed by atoms with E-state index in [2.05, 4.69) is 30.4 Å². The second-order valence-electron chi connectivity index (χ2n) is 8.35. The van der Waals surface area contributed by atoms with Crippen molar-refractivity contribution in [2.75, 3.05) is 13.1 Å². The minimum Gasteiger partial charge on any atom is -0.349 e. The molecule has 168 valence electrons. The third kappa shape index (κ3) is 5.71. The van der Waals surface area contributed by atoms with Crippen LogP contribution >= 0.6 is 0 Å². The number of nitrogens with zero attached hydrogens (tertiary/aromatic N) is 1. The van der Waals surface area contributed by atoms with E-state index in [-0.39, 0.29) is 42.3 Å². The van der Waals surface area contributed by atoms with E-state index in [1.807, 2.05) is 13.8 Å². The van der Waals surface area contributed by atoms with E-state index in [9.17, 15) is 17.6 Å². The van der Waals surface area contributed by atoms with Crippen LogP contribution in [0, 0.1) is 25.6 Å². The number of sulfonamides is 1. The van der Waals surface area contributed by atoms with Crippen molar-refractivity contribution in [1.29, 1.82) is 0 Å². The molecule has 3 rings (SSSR count). The Hall–Kier alpha value is -2.25. The van der Waals surface area contributed by atoms with Crippen LogP contribution < -0.4 is 5.32 Å². The Kier molecular flexibility index (Phi) is 7.49. The molecule has 0 saturated carbocycles. The highest BCUT2D eigenvalue weighted by molar-refractivity contribution is 7.88. The molecule has 1 heterocycles. The summed E-state index contributed by atoms with van der Waals surface area (Å²) in [6, 6.07) is 12.1. The minimum absolute atomic E-state index is 0.0297. The van der Waals surface area contributed by atoms with Crippen molar-refractivity contribution in [3.8, 4) is 0 Å². The van der Waals surface area contributed by atoms with Gasteiger partial charge in [-0.25, -0.2) is 17.1 Å². The van der Waals surface area contributed by atoms with Crippen LogP contribution in [0.25, 0.3) is 0 Å². The highest BCUT2D eigenvalue weighted by atomic mass is 32.2. The zero-order chi connectivity index (χ0) is 22.6. The average Bonchev–Trinajstić information content (AvgIpc) is 2.74. The number of carbonyl (C=O) groups excluding carboxylic acids is 1. The summed E-state index contributed by atoms with van der Waals surface area (Å²) < 4.78 is 40.7. The maximum Gasteiger partial charge on any atom is 0.223 e. The second kappa shape index (κ2) is 9.92. The van der Waals surface area contributed by atoms with Crippen molar-refractivity contribution < 1.29 is 17.6 Å². The lowest BCUT2D eigenvalue weighted by Gasteiger charge is -2.31. The van der Waals surface area contributed by atoms with Crippen molar-refractivity contribution in [1.82, 2.24) is 9.62 Å². The Morgan fingerprint density at radius 1 is 1.16 bits per heavy atom. The minimum atomic E-state index is -3.63. The predicted octanol–water partition coefficient (Wildman–Crippen LogP) is 4.25. The van der Waals surface area contributed by atoms with Gasteiger partial charge in [0.1, 0.15) is 5.82 Å². The number of carbonyl (C=O) groups is 1. The van der Waals surface area contributed by atoms with Crippen LogP contribution in [0.5, 0.6) is 0 Å². The first-order valence-corrected chi connectivity index (χ1v) is 12.4. The van der Waals surface area contributed by atoms with Gasteiger partial charge in [0.2, 0.25) is 15.9 Å². The van der Waals surface area contributed by atoms with Crippen molar-refractivity contribution in [3.63, 3.8) is 0 Å². The Balaban J connectivity index is 1.59. The average molecular weight is 447 g/mol. The van der Waals surface area contributed by atoms with Crippen molar-refractivity contribution in [3.05, 3.63) is 70.5 Å². The Bertz CT molecular complexity index is 1030. The van der Waals surface area contributed by atoms with Gasteiger partial charge in [0.25, 0.3) is 0 Å². The van der Waals surface area contributed by atoms with Crippen LogP contribution in [0.4, 0.5) is 4.39 Å². The monoisotopic (exact) mass is 446 g/mol. The van der Waals surface area contributed by atoms with Gasteiger partial charge in [-0.15, -0.1) is 0 Å². The number of rotatable bonds is 7. The molecule has 1 fully saturated rings. The van der Waals surface area contributed by atoms with Crippen LogP contribution in [0.1, 0.15) is 54.5 Å². The van der Waals surface area contributed by atoms with Crippen LogP contribution in [-0.4, -0.2) is 31.7 Å². The third-order valence-electron chi connectivity index (χ3n) is 6.04. The molecular weight excluding hydrogens is 415 g/mol. The van der Waals surface area contributed by atoms with E-state index in [1.54, 1.807) is 6.07 Å². The fourth-order valence-electron chi connectivity index (χ4n) is 4.21. The summed E-state index contributed by atoms with van der Waals surface area (Å²) in [6.07, 6.45) is 1.71. The molecule has 1 aliphatic heterocycles. The van der Waals surface area contributed by atoms with E-state index in [0.717, 1.165) is 17.5 Å². The lowest BCUT2D eigenvalue weighted by molar-refractivity contribution is -0.126. The lowest BCUT2D eigenvalue weighted by atomic mass is 9.94. The van der Waals surface area contributed by atoms with Crippen molar-refractivity contribution in [2.45, 2.75) is 51.8 Å². The fraction of sp³-hybridized carbons (Fsp3) is 0.458. The highest BCUT2D eigenvalue weighted by Gasteiger charge is 2.32. The Morgan fingerprint density at radius 2 is 1.84 bits per heavy atom. The summed E-state index contributed by atoms with van der Waals surface area (Å²) in [5, 5.41) is 3.16. The number of aryl methyl sites for hydroxylation is 2. The quantitative estimate of drug-likeness (QED) is 0.691. The van der Waals surface area contributed by atoms with Crippen molar-refractivity contribution in [2.24, 2.45) is 5.92 Å². The van der Waals surface area contributed by atoms with Crippen molar-refractivity contribution >= 4 is 15.9 Å². The molecule has 1 atom stereocenters. The molecule has 2 aromatic carbocycles. The van der Waals surface area contributed by atoms with Gasteiger partial charge in [-0.1, -0.05) is 48.9 Å². The predicted molar refractivity (Wildman–Crippen MR) is 120 cm³/mol. The number of hydrogen-bond acceptors (Lipinski definition) is 3. The Labute approximate surface area is 184 Å².